The standard InChI is InChI=1S/C11H14Cl2N2O2/c1-7(2)17-4-3-14-11(16)8-5-9(12)10(13)15-6-8/h5-7H,3-4H2,1-2H3,(H,14,16). The predicted octanol–water partition coefficient (Wildman–Crippen LogP) is 2.54. The van der Waals surface area contributed by atoms with Gasteiger partial charge in [0.25, 0.3) is 5.91 Å². The van der Waals surface area contributed by atoms with E-state index in [2.05, 4.69) is 10.3 Å². The van der Waals surface area contributed by atoms with E-state index in [-0.39, 0.29) is 22.2 Å². The molecule has 1 aromatic rings. The Morgan fingerprint density at radius 2 is 2.24 bits per heavy atom. The van der Waals surface area contributed by atoms with Crippen LogP contribution in [0.3, 0.4) is 0 Å². The molecule has 0 spiro atoms. The molecule has 0 saturated heterocycles. The second-order valence-corrected chi connectivity index (χ2v) is 4.44. The number of halogens is 2. The average Bonchev–Trinajstić information content (AvgIpc) is 2.27. The van der Waals surface area contributed by atoms with Gasteiger partial charge >= 0.3 is 0 Å². The summed E-state index contributed by atoms with van der Waals surface area (Å²) in [5.74, 6) is -0.247. The monoisotopic (exact) mass is 276 g/mol. The number of ether oxygens (including phenoxy) is 1. The Balaban J connectivity index is 2.44. The topological polar surface area (TPSA) is 51.2 Å². The number of aromatic nitrogens is 1. The minimum atomic E-state index is -0.247. The summed E-state index contributed by atoms with van der Waals surface area (Å²) in [5.41, 5.74) is 0.379. The van der Waals surface area contributed by atoms with Crippen molar-refractivity contribution >= 4 is 29.1 Å². The fourth-order valence-electron chi connectivity index (χ4n) is 1.11. The molecule has 0 unspecified atom stereocenters. The van der Waals surface area contributed by atoms with Gasteiger partial charge in [0, 0.05) is 12.7 Å². The molecule has 0 radical (unpaired) electrons. The lowest BCUT2D eigenvalue weighted by atomic mass is 10.3. The third-order valence-electron chi connectivity index (χ3n) is 1.90. The van der Waals surface area contributed by atoms with E-state index in [1.54, 1.807) is 0 Å². The first kappa shape index (κ1) is 14.2. The SMILES string of the molecule is CC(C)OCCNC(=O)c1cnc(Cl)c(Cl)c1. The largest absolute Gasteiger partial charge is 0.377 e. The average molecular weight is 277 g/mol. The summed E-state index contributed by atoms with van der Waals surface area (Å²) in [5, 5.41) is 3.14. The van der Waals surface area contributed by atoms with E-state index < -0.39 is 0 Å². The molecule has 1 N–H and O–H groups in total. The Morgan fingerprint density at radius 1 is 1.53 bits per heavy atom. The fourth-order valence-corrected chi connectivity index (χ4v) is 1.38. The first-order valence-corrected chi connectivity index (χ1v) is 5.97. The molecule has 0 aromatic carbocycles. The molecule has 94 valence electrons. The Hall–Kier alpha value is -0.840. The summed E-state index contributed by atoms with van der Waals surface area (Å²) in [7, 11) is 0. The van der Waals surface area contributed by atoms with Crippen LogP contribution in [0.5, 0.6) is 0 Å². The Labute approximate surface area is 110 Å². The van der Waals surface area contributed by atoms with Crippen molar-refractivity contribution in [2.75, 3.05) is 13.2 Å². The molecule has 6 heteroatoms. The van der Waals surface area contributed by atoms with E-state index in [9.17, 15) is 4.79 Å². The van der Waals surface area contributed by atoms with Crippen molar-refractivity contribution in [1.29, 1.82) is 0 Å². The predicted molar refractivity (Wildman–Crippen MR) is 67.7 cm³/mol. The van der Waals surface area contributed by atoms with E-state index >= 15 is 0 Å². The molecule has 1 amide bonds. The normalized spacial score (nSPS) is 10.6. The Bertz CT molecular complexity index is 397. The van der Waals surface area contributed by atoms with Crippen molar-refractivity contribution in [3.05, 3.63) is 28.0 Å². The number of carbonyl (C=O) groups is 1. The molecule has 17 heavy (non-hydrogen) atoms. The Kier molecular flexibility index (Phi) is 5.68. The van der Waals surface area contributed by atoms with Crippen LogP contribution in [-0.2, 0) is 4.74 Å². The lowest BCUT2D eigenvalue weighted by Gasteiger charge is -2.08. The van der Waals surface area contributed by atoms with Crippen LogP contribution >= 0.6 is 23.2 Å². The van der Waals surface area contributed by atoms with Gasteiger partial charge in [-0.3, -0.25) is 4.79 Å². The zero-order chi connectivity index (χ0) is 12.8. The van der Waals surface area contributed by atoms with Crippen LogP contribution in [0.2, 0.25) is 10.2 Å². The maximum Gasteiger partial charge on any atom is 0.252 e. The van der Waals surface area contributed by atoms with Crippen LogP contribution in [0.1, 0.15) is 24.2 Å². The molecule has 0 aliphatic rings. The highest BCUT2D eigenvalue weighted by Crippen LogP contribution is 2.19. The third-order valence-corrected chi connectivity index (χ3v) is 2.58. The molecule has 0 bridgehead atoms. The summed E-state index contributed by atoms with van der Waals surface area (Å²) < 4.78 is 5.29. The molecule has 0 fully saturated rings. The van der Waals surface area contributed by atoms with Gasteiger partial charge in [0.1, 0.15) is 5.15 Å². The second-order valence-electron chi connectivity index (χ2n) is 3.67. The van der Waals surface area contributed by atoms with Crippen LogP contribution in [0, 0.1) is 0 Å². The van der Waals surface area contributed by atoms with Crippen LogP contribution < -0.4 is 5.32 Å². The summed E-state index contributed by atoms with van der Waals surface area (Å²) in [6, 6.07) is 1.48. The molecule has 1 heterocycles. The number of pyridine rings is 1. The van der Waals surface area contributed by atoms with Gasteiger partial charge in [0.15, 0.2) is 0 Å². The van der Waals surface area contributed by atoms with Crippen LogP contribution in [-0.4, -0.2) is 30.1 Å². The third kappa shape index (κ3) is 4.89. The number of amides is 1. The number of hydrogen-bond donors (Lipinski definition) is 1. The zero-order valence-corrected chi connectivity index (χ0v) is 11.2. The number of nitrogens with zero attached hydrogens (tertiary/aromatic N) is 1. The summed E-state index contributed by atoms with van der Waals surface area (Å²) in [6.07, 6.45) is 1.53. The van der Waals surface area contributed by atoms with Crippen molar-refractivity contribution in [3.8, 4) is 0 Å². The highest BCUT2D eigenvalue weighted by molar-refractivity contribution is 6.41. The van der Waals surface area contributed by atoms with Gasteiger partial charge < -0.3 is 10.1 Å². The Morgan fingerprint density at radius 3 is 2.82 bits per heavy atom. The van der Waals surface area contributed by atoms with Crippen molar-refractivity contribution in [2.45, 2.75) is 20.0 Å². The van der Waals surface area contributed by atoms with E-state index in [1.807, 2.05) is 13.8 Å². The molecule has 0 aliphatic carbocycles. The van der Waals surface area contributed by atoms with Crippen molar-refractivity contribution in [1.82, 2.24) is 10.3 Å². The summed E-state index contributed by atoms with van der Waals surface area (Å²) >= 11 is 11.4. The van der Waals surface area contributed by atoms with Gasteiger partial charge in [-0.05, 0) is 19.9 Å². The van der Waals surface area contributed by atoms with Crippen LogP contribution in [0.4, 0.5) is 0 Å². The maximum absolute atomic E-state index is 11.6. The van der Waals surface area contributed by atoms with E-state index in [0.717, 1.165) is 0 Å². The van der Waals surface area contributed by atoms with Crippen LogP contribution in [0.25, 0.3) is 0 Å². The van der Waals surface area contributed by atoms with Gasteiger partial charge in [-0.1, -0.05) is 23.2 Å². The molecule has 0 aliphatic heterocycles. The maximum atomic E-state index is 11.6. The van der Waals surface area contributed by atoms with Crippen molar-refractivity contribution < 1.29 is 9.53 Å². The minimum absolute atomic E-state index is 0.151. The zero-order valence-electron chi connectivity index (χ0n) is 9.67. The fraction of sp³-hybridized carbons (Fsp3) is 0.455. The molecule has 0 saturated carbocycles. The first-order valence-electron chi connectivity index (χ1n) is 5.21. The first-order chi connectivity index (χ1) is 8.00. The van der Waals surface area contributed by atoms with E-state index in [1.165, 1.54) is 12.3 Å². The van der Waals surface area contributed by atoms with Gasteiger partial charge in [-0.15, -0.1) is 0 Å². The van der Waals surface area contributed by atoms with Gasteiger partial charge in [-0.2, -0.15) is 0 Å². The summed E-state index contributed by atoms with van der Waals surface area (Å²) in [6.45, 7) is 4.78. The number of hydrogen-bond acceptors (Lipinski definition) is 3. The van der Waals surface area contributed by atoms with Gasteiger partial charge in [0.05, 0.1) is 23.3 Å². The van der Waals surface area contributed by atoms with Gasteiger partial charge in [0.2, 0.25) is 0 Å². The quantitative estimate of drug-likeness (QED) is 0.664. The molecule has 1 aromatic heterocycles. The number of rotatable bonds is 5. The molecule has 0 atom stereocenters. The minimum Gasteiger partial charge on any atom is -0.377 e. The molecule has 4 nitrogen and oxygen atoms in total. The second kappa shape index (κ2) is 6.79. The molecular formula is C11H14Cl2N2O2. The number of carbonyl (C=O) groups excluding carboxylic acids is 1. The van der Waals surface area contributed by atoms with Crippen molar-refractivity contribution in [3.63, 3.8) is 0 Å². The van der Waals surface area contributed by atoms with Crippen LogP contribution in [0.15, 0.2) is 12.3 Å². The lowest BCUT2D eigenvalue weighted by molar-refractivity contribution is 0.0746. The smallest absolute Gasteiger partial charge is 0.252 e. The van der Waals surface area contributed by atoms with Crippen molar-refractivity contribution in [2.24, 2.45) is 0 Å². The van der Waals surface area contributed by atoms with E-state index in [4.69, 9.17) is 27.9 Å². The van der Waals surface area contributed by atoms with E-state index in [0.29, 0.717) is 18.7 Å². The summed E-state index contributed by atoms with van der Waals surface area (Å²) in [4.78, 5) is 15.4. The highest BCUT2D eigenvalue weighted by Gasteiger charge is 2.08. The molecule has 1 rings (SSSR count). The van der Waals surface area contributed by atoms with Gasteiger partial charge in [-0.25, -0.2) is 4.98 Å². The molecular weight excluding hydrogens is 263 g/mol. The number of nitrogens with one attached hydrogen (secondary N) is 1. The lowest BCUT2D eigenvalue weighted by Crippen LogP contribution is -2.28. The highest BCUT2D eigenvalue weighted by atomic mass is 35.5.